The third kappa shape index (κ3) is 9.15. The molecule has 1 amide bonds. The Bertz CT molecular complexity index is 1560. The predicted octanol–water partition coefficient (Wildman–Crippen LogP) is 5.96. The average molecular weight is 615 g/mol. The quantitative estimate of drug-likeness (QED) is 0.151. The van der Waals surface area contributed by atoms with Gasteiger partial charge in [-0.2, -0.15) is 13.2 Å². The molecule has 0 aliphatic carbocycles. The van der Waals surface area contributed by atoms with Crippen LogP contribution in [0.15, 0.2) is 67.0 Å². The zero-order valence-electron chi connectivity index (χ0n) is 22.9. The first-order chi connectivity index (χ1) is 20.5. The molecular weight excluding hydrogens is 585 g/mol. The van der Waals surface area contributed by atoms with Gasteiger partial charge in [0, 0.05) is 29.2 Å². The largest absolute Gasteiger partial charge is 0.492 e. The van der Waals surface area contributed by atoms with Crippen molar-refractivity contribution in [2.45, 2.75) is 32.0 Å². The first-order valence-corrected chi connectivity index (χ1v) is 13.9. The Kier molecular flexibility index (Phi) is 10.2. The lowest BCUT2D eigenvalue weighted by Gasteiger charge is -2.16. The van der Waals surface area contributed by atoms with Crippen molar-refractivity contribution >= 4 is 45.5 Å². The van der Waals surface area contributed by atoms with Gasteiger partial charge in [-0.1, -0.05) is 23.5 Å². The number of carboxylic acids is 1. The fourth-order valence-electron chi connectivity index (χ4n) is 3.97. The Labute approximate surface area is 249 Å². The Morgan fingerprint density at radius 2 is 1.98 bits per heavy atom. The van der Waals surface area contributed by atoms with Gasteiger partial charge in [0.25, 0.3) is 5.91 Å². The van der Waals surface area contributed by atoms with Crippen LogP contribution in [-0.4, -0.2) is 46.1 Å². The van der Waals surface area contributed by atoms with Crippen LogP contribution in [0.5, 0.6) is 5.75 Å². The summed E-state index contributed by atoms with van der Waals surface area (Å²) < 4.78 is 45.3. The predicted molar refractivity (Wildman–Crippen MR) is 158 cm³/mol. The molecule has 226 valence electrons. The number of thiazole rings is 1. The number of amides is 1. The molecule has 0 radical (unpaired) electrons. The molecule has 3 heterocycles. The highest BCUT2D eigenvalue weighted by molar-refractivity contribution is 7.17. The molecule has 10 nitrogen and oxygen atoms in total. The molecule has 1 aliphatic rings. The van der Waals surface area contributed by atoms with Crippen LogP contribution in [-0.2, 0) is 6.18 Å². The molecular formula is C29H29F3N6O4S. The molecule has 1 aliphatic heterocycles. The fourth-order valence-corrected chi connectivity index (χ4v) is 4.63. The number of anilines is 4. The molecule has 5 rings (SSSR count). The van der Waals surface area contributed by atoms with E-state index in [1.54, 1.807) is 36.5 Å². The number of aryl methyl sites for hydroxylation is 1. The number of nitrogens with one attached hydrogen (secondary N) is 3. The second-order valence-corrected chi connectivity index (χ2v) is 10.6. The second kappa shape index (κ2) is 14.0. The van der Waals surface area contributed by atoms with Crippen molar-refractivity contribution in [2.75, 3.05) is 29.5 Å². The van der Waals surface area contributed by atoms with E-state index in [9.17, 15) is 22.8 Å². The summed E-state index contributed by atoms with van der Waals surface area (Å²) in [5.74, 6) is -0.986. The summed E-state index contributed by atoms with van der Waals surface area (Å²) >= 11 is 1.07. The van der Waals surface area contributed by atoms with Gasteiger partial charge in [-0.25, -0.2) is 14.8 Å². The van der Waals surface area contributed by atoms with E-state index in [1.807, 2.05) is 13.0 Å². The number of alkyl halides is 3. The number of hydrogen-bond donors (Lipinski definition) is 5. The van der Waals surface area contributed by atoms with Crippen molar-refractivity contribution < 1.29 is 32.6 Å². The monoisotopic (exact) mass is 614 g/mol. The van der Waals surface area contributed by atoms with Gasteiger partial charge >= 0.3 is 12.1 Å². The molecule has 1 fully saturated rings. The molecule has 6 N–H and O–H groups in total. The number of aromatic carboxylic acids is 1. The summed E-state index contributed by atoms with van der Waals surface area (Å²) in [5.41, 5.74) is 6.47. The lowest BCUT2D eigenvalue weighted by molar-refractivity contribution is -0.137. The van der Waals surface area contributed by atoms with Gasteiger partial charge in [0.15, 0.2) is 5.13 Å². The van der Waals surface area contributed by atoms with Gasteiger partial charge in [0.05, 0.1) is 11.8 Å². The number of nitrogens with two attached hydrogens (primary N) is 1. The second-order valence-electron chi connectivity index (χ2n) is 9.55. The smallest absolute Gasteiger partial charge is 0.416 e. The molecule has 43 heavy (non-hydrogen) atoms. The maximum absolute atomic E-state index is 13.3. The number of nitrogen functional groups attached to an aromatic ring is 1. The van der Waals surface area contributed by atoms with E-state index < -0.39 is 23.6 Å². The third-order valence-corrected chi connectivity index (χ3v) is 7.16. The molecule has 0 spiro atoms. The summed E-state index contributed by atoms with van der Waals surface area (Å²) in [5, 5.41) is 17.9. The first-order valence-electron chi connectivity index (χ1n) is 13.1. The summed E-state index contributed by atoms with van der Waals surface area (Å²) in [7, 11) is 0. The van der Waals surface area contributed by atoms with Crippen LogP contribution in [0.2, 0.25) is 0 Å². The number of pyridine rings is 1. The first kappa shape index (κ1) is 31.3. The summed E-state index contributed by atoms with van der Waals surface area (Å²) in [6, 6.07) is 13.5. The van der Waals surface area contributed by atoms with Crippen LogP contribution in [0.4, 0.5) is 35.5 Å². The number of hydrogen-bond acceptors (Lipinski definition) is 9. The fraction of sp³-hybridized carbons (Fsp3) is 0.241. The molecule has 1 atom stereocenters. The van der Waals surface area contributed by atoms with E-state index in [0.717, 1.165) is 48.4 Å². The third-order valence-electron chi connectivity index (χ3n) is 6.26. The normalized spacial score (nSPS) is 14.4. The van der Waals surface area contributed by atoms with E-state index in [4.69, 9.17) is 15.6 Å². The standard InChI is InChI=1S/C20H22F3N3O2.C9H7N3O2S/c1-12-4-5-15(10-18(12)24)26-19(27)13-7-14(20(21,22)23)9-17(8-13)28-11-16-3-2-6-25-16;13-8(14)6-5-11-9(15-6)12-7-3-1-2-4-10-7/h4-5,7-10,16,25H,2-3,6,11,24H2,1H3,(H,26,27);1-5H,(H,13,14)(H,10,11,12). The Hall–Kier alpha value is -4.69. The van der Waals surface area contributed by atoms with Gasteiger partial charge in [-0.15, -0.1) is 0 Å². The molecule has 4 aromatic rings. The van der Waals surface area contributed by atoms with E-state index in [-0.39, 0.29) is 28.8 Å². The number of rotatable bonds is 8. The van der Waals surface area contributed by atoms with Gasteiger partial charge < -0.3 is 31.5 Å². The van der Waals surface area contributed by atoms with E-state index in [0.29, 0.717) is 22.3 Å². The molecule has 2 aromatic carbocycles. The zero-order chi connectivity index (χ0) is 31.0. The number of aromatic nitrogens is 2. The number of carboxylic acid groups (broad SMARTS) is 1. The number of ether oxygens (including phenoxy) is 1. The van der Waals surface area contributed by atoms with Crippen molar-refractivity contribution in [3.63, 3.8) is 0 Å². The van der Waals surface area contributed by atoms with E-state index >= 15 is 0 Å². The highest BCUT2D eigenvalue weighted by atomic mass is 32.1. The molecule has 0 saturated carbocycles. The lowest BCUT2D eigenvalue weighted by Crippen LogP contribution is -2.28. The van der Waals surface area contributed by atoms with E-state index in [2.05, 4.69) is 25.9 Å². The van der Waals surface area contributed by atoms with Gasteiger partial charge in [-0.05, 0) is 74.3 Å². The zero-order valence-corrected chi connectivity index (χ0v) is 23.8. The number of benzene rings is 2. The maximum Gasteiger partial charge on any atom is 0.416 e. The lowest BCUT2D eigenvalue weighted by atomic mass is 10.1. The Morgan fingerprint density at radius 3 is 2.60 bits per heavy atom. The highest BCUT2D eigenvalue weighted by Crippen LogP contribution is 2.33. The number of carbonyl (C=O) groups is 2. The summed E-state index contributed by atoms with van der Waals surface area (Å²) in [4.78, 5) is 31.3. The van der Waals surface area contributed by atoms with Crippen molar-refractivity contribution in [3.05, 3.63) is 88.6 Å². The summed E-state index contributed by atoms with van der Waals surface area (Å²) in [6.45, 7) is 2.93. The minimum absolute atomic E-state index is 0.0112. The van der Waals surface area contributed by atoms with Crippen LogP contribution >= 0.6 is 11.3 Å². The van der Waals surface area contributed by atoms with Crippen molar-refractivity contribution in [3.8, 4) is 5.75 Å². The number of carbonyl (C=O) groups excluding carboxylic acids is 1. The number of halogens is 3. The van der Waals surface area contributed by atoms with Crippen molar-refractivity contribution in [2.24, 2.45) is 0 Å². The molecule has 1 unspecified atom stereocenters. The van der Waals surface area contributed by atoms with Crippen LogP contribution in [0, 0.1) is 6.92 Å². The van der Waals surface area contributed by atoms with Crippen molar-refractivity contribution in [1.29, 1.82) is 0 Å². The van der Waals surface area contributed by atoms with Gasteiger partial charge in [-0.3, -0.25) is 4.79 Å². The average Bonchev–Trinajstić information content (AvgIpc) is 3.67. The van der Waals surface area contributed by atoms with Crippen LogP contribution in [0.1, 0.15) is 44.0 Å². The van der Waals surface area contributed by atoms with Gasteiger partial charge in [0.2, 0.25) is 0 Å². The molecule has 14 heteroatoms. The minimum atomic E-state index is -4.59. The van der Waals surface area contributed by atoms with E-state index in [1.165, 1.54) is 12.3 Å². The SMILES string of the molecule is Cc1ccc(NC(=O)c2cc(OCC3CCCN3)cc(C(F)(F)F)c2)cc1N.O=C(O)c1cnc(Nc2ccccn2)s1. The van der Waals surface area contributed by atoms with Crippen LogP contribution < -0.4 is 26.4 Å². The highest BCUT2D eigenvalue weighted by Gasteiger charge is 2.32. The molecule has 1 saturated heterocycles. The minimum Gasteiger partial charge on any atom is -0.492 e. The van der Waals surface area contributed by atoms with Crippen LogP contribution in [0.25, 0.3) is 0 Å². The van der Waals surface area contributed by atoms with Crippen molar-refractivity contribution in [1.82, 2.24) is 15.3 Å². The molecule has 0 bridgehead atoms. The maximum atomic E-state index is 13.3. The summed E-state index contributed by atoms with van der Waals surface area (Å²) in [6.07, 6.45) is 0.283. The Morgan fingerprint density at radius 1 is 1.16 bits per heavy atom. The Balaban J connectivity index is 0.000000237. The van der Waals surface area contributed by atoms with Crippen LogP contribution in [0.3, 0.4) is 0 Å². The molecule has 2 aromatic heterocycles. The van der Waals surface area contributed by atoms with Gasteiger partial charge in [0.1, 0.15) is 23.1 Å². The topological polar surface area (TPSA) is 151 Å². The number of nitrogens with zero attached hydrogens (tertiary/aromatic N) is 2.